The number of rotatable bonds is 4. The molecule has 1 heterocycles. The number of hydrogen-bond donors (Lipinski definition) is 0. The second-order valence-electron chi connectivity index (χ2n) is 3.93. The predicted octanol–water partition coefficient (Wildman–Crippen LogP) is 4.39. The lowest BCUT2D eigenvalue weighted by molar-refractivity contribution is 0.180. The molecule has 2 rings (SSSR count). The van der Waals surface area contributed by atoms with Gasteiger partial charge in [-0.1, -0.05) is 39.7 Å². The zero-order chi connectivity index (χ0) is 13.8. The van der Waals surface area contributed by atoms with Crippen LogP contribution in [0.25, 0.3) is 0 Å². The second-order valence-corrected chi connectivity index (χ2v) is 5.99. The fraction of sp³-hybridized carbons (Fsp3) is 0.231. The van der Waals surface area contributed by atoms with Crippen molar-refractivity contribution in [2.45, 2.75) is 13.0 Å². The summed E-state index contributed by atoms with van der Waals surface area (Å²) >= 11 is 12.9. The third-order valence-corrected chi connectivity index (χ3v) is 4.35. The zero-order valence-electron chi connectivity index (χ0n) is 10.2. The van der Waals surface area contributed by atoms with Crippen molar-refractivity contribution >= 4 is 43.5 Å². The maximum atomic E-state index is 6.09. The fourth-order valence-corrected chi connectivity index (χ4v) is 2.37. The summed E-state index contributed by atoms with van der Waals surface area (Å²) in [6, 6.07) is 8.04. The SMILES string of the molecule is COCc1nc(Cc2ccc(Br)cc2)nc(Cl)c1Br. The van der Waals surface area contributed by atoms with E-state index in [0.717, 1.165) is 15.7 Å². The molecule has 0 radical (unpaired) electrons. The summed E-state index contributed by atoms with van der Waals surface area (Å²) in [5.41, 5.74) is 1.89. The van der Waals surface area contributed by atoms with E-state index in [9.17, 15) is 0 Å². The first kappa shape index (κ1) is 14.9. The fourth-order valence-electron chi connectivity index (χ4n) is 1.61. The minimum atomic E-state index is 0.399. The average molecular weight is 407 g/mol. The van der Waals surface area contributed by atoms with Crippen LogP contribution in [0.4, 0.5) is 0 Å². The Kier molecular flexibility index (Phi) is 5.33. The Balaban J connectivity index is 2.27. The lowest BCUT2D eigenvalue weighted by atomic mass is 10.1. The maximum Gasteiger partial charge on any atom is 0.147 e. The van der Waals surface area contributed by atoms with Gasteiger partial charge in [0.1, 0.15) is 11.0 Å². The van der Waals surface area contributed by atoms with E-state index in [1.165, 1.54) is 0 Å². The van der Waals surface area contributed by atoms with E-state index in [4.69, 9.17) is 16.3 Å². The number of aromatic nitrogens is 2. The molecule has 6 heteroatoms. The summed E-state index contributed by atoms with van der Waals surface area (Å²) in [6.45, 7) is 0.399. The van der Waals surface area contributed by atoms with Crippen LogP contribution < -0.4 is 0 Å². The first-order valence-corrected chi connectivity index (χ1v) is 7.50. The van der Waals surface area contributed by atoms with Gasteiger partial charge in [0.05, 0.1) is 16.8 Å². The van der Waals surface area contributed by atoms with E-state index < -0.39 is 0 Å². The average Bonchev–Trinajstić information content (AvgIpc) is 2.38. The Morgan fingerprint density at radius 3 is 2.47 bits per heavy atom. The van der Waals surface area contributed by atoms with Gasteiger partial charge in [-0.2, -0.15) is 0 Å². The van der Waals surface area contributed by atoms with Crippen molar-refractivity contribution in [2.75, 3.05) is 7.11 Å². The van der Waals surface area contributed by atoms with E-state index in [-0.39, 0.29) is 0 Å². The van der Waals surface area contributed by atoms with Crippen LogP contribution in [0.3, 0.4) is 0 Å². The number of halogens is 3. The largest absolute Gasteiger partial charge is 0.378 e. The Bertz CT molecular complexity index is 576. The molecule has 1 aromatic heterocycles. The molecule has 0 N–H and O–H groups in total. The van der Waals surface area contributed by atoms with Crippen molar-refractivity contribution in [3.8, 4) is 0 Å². The van der Waals surface area contributed by atoms with E-state index in [0.29, 0.717) is 28.5 Å². The highest BCUT2D eigenvalue weighted by atomic mass is 79.9. The van der Waals surface area contributed by atoms with Gasteiger partial charge < -0.3 is 4.74 Å². The van der Waals surface area contributed by atoms with Crippen molar-refractivity contribution in [1.82, 2.24) is 9.97 Å². The second kappa shape index (κ2) is 6.79. The van der Waals surface area contributed by atoms with Crippen LogP contribution in [-0.4, -0.2) is 17.1 Å². The summed E-state index contributed by atoms with van der Waals surface area (Å²) in [5.74, 6) is 0.683. The predicted molar refractivity (Wildman–Crippen MR) is 82.4 cm³/mol. The highest BCUT2D eigenvalue weighted by Gasteiger charge is 2.11. The summed E-state index contributed by atoms with van der Waals surface area (Å²) in [5, 5.41) is 0.411. The Morgan fingerprint density at radius 1 is 1.16 bits per heavy atom. The molecule has 0 unspecified atom stereocenters. The van der Waals surface area contributed by atoms with Crippen molar-refractivity contribution in [2.24, 2.45) is 0 Å². The molecule has 0 amide bonds. The summed E-state index contributed by atoms with van der Waals surface area (Å²) in [7, 11) is 1.62. The van der Waals surface area contributed by atoms with Gasteiger partial charge in [0.25, 0.3) is 0 Å². The van der Waals surface area contributed by atoms with Crippen LogP contribution in [-0.2, 0) is 17.8 Å². The molecule has 0 aliphatic rings. The third kappa shape index (κ3) is 3.99. The number of hydrogen-bond acceptors (Lipinski definition) is 3. The molecular weight excluding hydrogens is 395 g/mol. The van der Waals surface area contributed by atoms with Gasteiger partial charge in [-0.05, 0) is 33.6 Å². The molecule has 0 fully saturated rings. The van der Waals surface area contributed by atoms with Crippen molar-refractivity contribution in [3.05, 3.63) is 55.4 Å². The van der Waals surface area contributed by atoms with Gasteiger partial charge in [0.15, 0.2) is 0 Å². The molecule has 0 spiro atoms. The molecule has 2 aromatic rings. The molecule has 100 valence electrons. The van der Waals surface area contributed by atoms with Gasteiger partial charge in [-0.15, -0.1) is 0 Å². The lowest BCUT2D eigenvalue weighted by Crippen LogP contribution is -2.03. The van der Waals surface area contributed by atoms with Crippen LogP contribution in [0.5, 0.6) is 0 Å². The van der Waals surface area contributed by atoms with E-state index in [2.05, 4.69) is 41.8 Å². The minimum Gasteiger partial charge on any atom is -0.378 e. The number of ether oxygens (including phenoxy) is 1. The molecule has 19 heavy (non-hydrogen) atoms. The summed E-state index contributed by atoms with van der Waals surface area (Å²) < 4.78 is 6.84. The Labute approximate surface area is 133 Å². The number of methoxy groups -OCH3 is 1. The summed E-state index contributed by atoms with van der Waals surface area (Å²) in [6.07, 6.45) is 0.636. The third-order valence-electron chi connectivity index (χ3n) is 2.48. The van der Waals surface area contributed by atoms with Crippen molar-refractivity contribution in [3.63, 3.8) is 0 Å². The number of benzene rings is 1. The smallest absolute Gasteiger partial charge is 0.147 e. The molecule has 0 aliphatic heterocycles. The summed E-state index contributed by atoms with van der Waals surface area (Å²) in [4.78, 5) is 8.73. The first-order chi connectivity index (χ1) is 9.10. The molecule has 0 saturated heterocycles. The van der Waals surface area contributed by atoms with Gasteiger partial charge in [0, 0.05) is 18.0 Å². The van der Waals surface area contributed by atoms with Crippen LogP contribution in [0, 0.1) is 0 Å². The molecule has 0 atom stereocenters. The van der Waals surface area contributed by atoms with Crippen molar-refractivity contribution < 1.29 is 4.74 Å². The molecular formula is C13H11Br2ClN2O. The normalized spacial score (nSPS) is 10.7. The van der Waals surface area contributed by atoms with Gasteiger partial charge >= 0.3 is 0 Å². The zero-order valence-corrected chi connectivity index (χ0v) is 14.1. The van der Waals surface area contributed by atoms with Gasteiger partial charge in [0.2, 0.25) is 0 Å². The molecule has 0 bridgehead atoms. The van der Waals surface area contributed by atoms with Crippen LogP contribution in [0.2, 0.25) is 5.15 Å². The number of nitrogens with zero attached hydrogens (tertiary/aromatic N) is 2. The van der Waals surface area contributed by atoms with Crippen LogP contribution >= 0.6 is 43.5 Å². The standard InChI is InChI=1S/C13H11Br2ClN2O/c1-19-7-10-12(15)13(16)18-11(17-10)6-8-2-4-9(14)5-3-8/h2-5H,6-7H2,1H3. The van der Waals surface area contributed by atoms with Crippen LogP contribution in [0.1, 0.15) is 17.1 Å². The van der Waals surface area contributed by atoms with Crippen molar-refractivity contribution in [1.29, 1.82) is 0 Å². The lowest BCUT2D eigenvalue weighted by Gasteiger charge is -2.07. The Morgan fingerprint density at radius 2 is 1.84 bits per heavy atom. The first-order valence-electron chi connectivity index (χ1n) is 5.54. The highest BCUT2D eigenvalue weighted by Crippen LogP contribution is 2.24. The van der Waals surface area contributed by atoms with Crippen LogP contribution in [0.15, 0.2) is 33.2 Å². The van der Waals surface area contributed by atoms with E-state index >= 15 is 0 Å². The van der Waals surface area contributed by atoms with E-state index in [1.54, 1.807) is 7.11 Å². The van der Waals surface area contributed by atoms with Gasteiger partial charge in [-0.3, -0.25) is 0 Å². The highest BCUT2D eigenvalue weighted by molar-refractivity contribution is 9.10. The molecule has 0 aliphatic carbocycles. The maximum absolute atomic E-state index is 6.09. The molecule has 1 aromatic carbocycles. The van der Waals surface area contributed by atoms with E-state index in [1.807, 2.05) is 24.3 Å². The quantitative estimate of drug-likeness (QED) is 0.707. The molecule has 0 saturated carbocycles. The topological polar surface area (TPSA) is 35.0 Å². The monoisotopic (exact) mass is 404 g/mol. The molecule has 3 nitrogen and oxygen atoms in total. The Hall–Kier alpha value is -0.490. The van der Waals surface area contributed by atoms with Gasteiger partial charge in [-0.25, -0.2) is 9.97 Å². The minimum absolute atomic E-state index is 0.399.